The highest BCUT2D eigenvalue weighted by molar-refractivity contribution is 5.88. The molecule has 1 saturated heterocycles. The summed E-state index contributed by atoms with van der Waals surface area (Å²) in [5.74, 6) is -0.0992. The minimum Gasteiger partial charge on any atom is -0.353 e. The zero-order valence-electron chi connectivity index (χ0n) is 16.2. The minimum absolute atomic E-state index is 0.0325. The van der Waals surface area contributed by atoms with Gasteiger partial charge in [0.05, 0.1) is 30.4 Å². The van der Waals surface area contributed by atoms with Gasteiger partial charge in [-0.25, -0.2) is 0 Å². The lowest BCUT2D eigenvalue weighted by Crippen LogP contribution is -2.58. The summed E-state index contributed by atoms with van der Waals surface area (Å²) in [5.41, 5.74) is 1.84. The van der Waals surface area contributed by atoms with Crippen LogP contribution in [0.15, 0.2) is 6.07 Å². The molecule has 0 aliphatic carbocycles. The number of H-pyrrole nitrogens is 1. The molecule has 1 aromatic heterocycles. The quantitative estimate of drug-likeness (QED) is 0.839. The van der Waals surface area contributed by atoms with Gasteiger partial charge in [0.15, 0.2) is 0 Å². The molecule has 1 fully saturated rings. The van der Waals surface area contributed by atoms with Gasteiger partial charge in [-0.3, -0.25) is 19.6 Å². The van der Waals surface area contributed by atoms with Gasteiger partial charge in [-0.2, -0.15) is 5.10 Å². The molecule has 1 aliphatic heterocycles. The minimum atomic E-state index is -0.393. The van der Waals surface area contributed by atoms with Gasteiger partial charge in [0.1, 0.15) is 0 Å². The summed E-state index contributed by atoms with van der Waals surface area (Å²) in [4.78, 5) is 28.6. The average molecular weight is 349 g/mol. The Labute approximate surface area is 150 Å². The highest BCUT2D eigenvalue weighted by Gasteiger charge is 2.33. The Morgan fingerprint density at radius 2 is 2.12 bits per heavy atom. The Kier molecular flexibility index (Phi) is 5.87. The second kappa shape index (κ2) is 7.56. The van der Waals surface area contributed by atoms with Crippen LogP contribution in [-0.4, -0.2) is 64.0 Å². The molecule has 0 radical (unpaired) electrons. The summed E-state index contributed by atoms with van der Waals surface area (Å²) in [7, 11) is 1.76. The normalized spacial score (nSPS) is 19.2. The van der Waals surface area contributed by atoms with E-state index >= 15 is 0 Å². The van der Waals surface area contributed by atoms with Crippen molar-refractivity contribution >= 4 is 11.8 Å². The molecule has 0 spiro atoms. The van der Waals surface area contributed by atoms with Crippen LogP contribution in [0.4, 0.5) is 0 Å². The topological polar surface area (TPSA) is 81.3 Å². The number of amides is 2. The van der Waals surface area contributed by atoms with E-state index in [2.05, 4.69) is 55.0 Å². The van der Waals surface area contributed by atoms with Gasteiger partial charge < -0.3 is 10.2 Å². The van der Waals surface area contributed by atoms with Crippen molar-refractivity contribution in [2.24, 2.45) is 0 Å². The predicted octanol–water partition coefficient (Wildman–Crippen LogP) is 1.26. The maximum Gasteiger partial charge on any atom is 0.237 e. The molecular weight excluding hydrogens is 318 g/mol. The van der Waals surface area contributed by atoms with Crippen molar-refractivity contribution in [2.75, 3.05) is 20.1 Å². The average Bonchev–Trinajstić information content (AvgIpc) is 2.97. The van der Waals surface area contributed by atoms with Crippen LogP contribution < -0.4 is 5.32 Å². The third-order valence-corrected chi connectivity index (χ3v) is 4.64. The summed E-state index contributed by atoms with van der Waals surface area (Å²) < 4.78 is 0. The second-order valence-electron chi connectivity index (χ2n) is 8.12. The lowest BCUT2D eigenvalue weighted by atomic mass is 9.92. The zero-order chi connectivity index (χ0) is 18.8. The van der Waals surface area contributed by atoms with Crippen molar-refractivity contribution in [3.8, 4) is 0 Å². The highest BCUT2D eigenvalue weighted by Crippen LogP contribution is 2.21. The van der Waals surface area contributed by atoms with E-state index in [9.17, 15) is 9.59 Å². The van der Waals surface area contributed by atoms with Crippen LogP contribution in [0, 0.1) is 0 Å². The zero-order valence-corrected chi connectivity index (χ0v) is 16.2. The van der Waals surface area contributed by atoms with Gasteiger partial charge in [-0.15, -0.1) is 0 Å². The standard InChI is InChI=1S/C18H31N5O2/c1-12(2)23-8-7-19-17(25)14(23)10-16(24)22(6)11-13-9-15(21-20-13)18(3,4)5/h9,12,14H,7-8,10-11H2,1-6H3,(H,19,25)(H,20,21)/t14-/m1/s1. The lowest BCUT2D eigenvalue weighted by molar-refractivity contribution is -0.139. The first kappa shape index (κ1) is 19.4. The first-order valence-electron chi connectivity index (χ1n) is 8.91. The molecule has 1 aliphatic rings. The van der Waals surface area contributed by atoms with Crippen molar-refractivity contribution in [1.29, 1.82) is 0 Å². The molecule has 25 heavy (non-hydrogen) atoms. The highest BCUT2D eigenvalue weighted by atomic mass is 16.2. The monoisotopic (exact) mass is 349 g/mol. The Bertz CT molecular complexity index is 617. The molecule has 140 valence electrons. The van der Waals surface area contributed by atoms with Gasteiger partial charge in [0.2, 0.25) is 11.8 Å². The van der Waals surface area contributed by atoms with Crippen molar-refractivity contribution in [1.82, 2.24) is 25.3 Å². The van der Waals surface area contributed by atoms with Gasteiger partial charge in [0, 0.05) is 31.6 Å². The van der Waals surface area contributed by atoms with E-state index in [1.54, 1.807) is 11.9 Å². The molecule has 1 atom stereocenters. The molecule has 0 bridgehead atoms. The Morgan fingerprint density at radius 1 is 1.44 bits per heavy atom. The van der Waals surface area contributed by atoms with Crippen LogP contribution in [0.3, 0.4) is 0 Å². The molecule has 7 heteroatoms. The fraction of sp³-hybridized carbons (Fsp3) is 0.722. The van der Waals surface area contributed by atoms with Crippen LogP contribution in [0.1, 0.15) is 52.4 Å². The van der Waals surface area contributed by atoms with Crippen molar-refractivity contribution in [2.45, 2.75) is 65.1 Å². The van der Waals surface area contributed by atoms with Crippen LogP contribution in [0.5, 0.6) is 0 Å². The lowest BCUT2D eigenvalue weighted by Gasteiger charge is -2.38. The van der Waals surface area contributed by atoms with E-state index in [4.69, 9.17) is 0 Å². The second-order valence-corrected chi connectivity index (χ2v) is 8.12. The maximum atomic E-state index is 12.6. The summed E-state index contributed by atoms with van der Waals surface area (Å²) in [5, 5.41) is 10.2. The molecule has 0 aromatic carbocycles. The molecule has 0 saturated carbocycles. The fourth-order valence-corrected chi connectivity index (χ4v) is 3.05. The molecule has 1 aromatic rings. The van der Waals surface area contributed by atoms with Gasteiger partial charge in [-0.1, -0.05) is 20.8 Å². The maximum absolute atomic E-state index is 12.6. The molecule has 2 heterocycles. The number of carbonyl (C=O) groups excluding carboxylic acids is 2. The fourth-order valence-electron chi connectivity index (χ4n) is 3.05. The molecule has 7 nitrogen and oxygen atoms in total. The van der Waals surface area contributed by atoms with E-state index in [1.165, 1.54) is 0 Å². The largest absolute Gasteiger partial charge is 0.353 e. The Balaban J connectivity index is 1.99. The predicted molar refractivity (Wildman–Crippen MR) is 97.0 cm³/mol. The molecule has 2 N–H and O–H groups in total. The number of rotatable bonds is 5. The van der Waals surface area contributed by atoms with Gasteiger partial charge in [-0.05, 0) is 19.9 Å². The molecule has 0 unspecified atom stereocenters. The van der Waals surface area contributed by atoms with Gasteiger partial charge >= 0.3 is 0 Å². The van der Waals surface area contributed by atoms with Crippen molar-refractivity contribution in [3.05, 3.63) is 17.5 Å². The van der Waals surface area contributed by atoms with E-state index in [1.807, 2.05) is 6.07 Å². The summed E-state index contributed by atoms with van der Waals surface area (Å²) >= 11 is 0. The van der Waals surface area contributed by atoms with Crippen LogP contribution in [-0.2, 0) is 21.5 Å². The molecular formula is C18H31N5O2. The van der Waals surface area contributed by atoms with E-state index in [0.717, 1.165) is 17.9 Å². The van der Waals surface area contributed by atoms with E-state index in [-0.39, 0.29) is 29.7 Å². The summed E-state index contributed by atoms with van der Waals surface area (Å²) in [6.07, 6.45) is 0.195. The third kappa shape index (κ3) is 4.81. The number of nitrogens with one attached hydrogen (secondary N) is 2. The first-order valence-corrected chi connectivity index (χ1v) is 8.91. The number of aromatic amines is 1. The van der Waals surface area contributed by atoms with Crippen molar-refractivity contribution < 1.29 is 9.59 Å². The van der Waals surface area contributed by atoms with Crippen LogP contribution >= 0.6 is 0 Å². The number of hydrogen-bond donors (Lipinski definition) is 2. The number of aromatic nitrogens is 2. The van der Waals surface area contributed by atoms with Crippen LogP contribution in [0.25, 0.3) is 0 Å². The van der Waals surface area contributed by atoms with E-state index < -0.39 is 6.04 Å². The van der Waals surface area contributed by atoms with E-state index in [0.29, 0.717) is 13.1 Å². The number of carbonyl (C=O) groups is 2. The van der Waals surface area contributed by atoms with Crippen LogP contribution in [0.2, 0.25) is 0 Å². The van der Waals surface area contributed by atoms with Gasteiger partial charge in [0.25, 0.3) is 0 Å². The summed E-state index contributed by atoms with van der Waals surface area (Å²) in [6, 6.07) is 1.84. The smallest absolute Gasteiger partial charge is 0.237 e. The SMILES string of the molecule is CC(C)N1CCNC(=O)[C@H]1CC(=O)N(C)Cc1cc(C(C)(C)C)n[nH]1. The third-order valence-electron chi connectivity index (χ3n) is 4.64. The number of hydrogen-bond acceptors (Lipinski definition) is 4. The molecule has 2 amide bonds. The number of piperazine rings is 1. The first-order chi connectivity index (χ1) is 11.6. The Hall–Kier alpha value is -1.89. The van der Waals surface area contributed by atoms with Crippen molar-refractivity contribution in [3.63, 3.8) is 0 Å². The summed E-state index contributed by atoms with van der Waals surface area (Å²) in [6.45, 7) is 12.3. The Morgan fingerprint density at radius 3 is 2.68 bits per heavy atom. The number of nitrogens with zero attached hydrogens (tertiary/aromatic N) is 3. The molecule has 2 rings (SSSR count).